The predicted molar refractivity (Wildman–Crippen MR) is 127 cm³/mol. The first-order chi connectivity index (χ1) is 16.2. The van der Waals surface area contributed by atoms with Crippen molar-refractivity contribution in [3.05, 3.63) is 30.1 Å². The normalized spacial score (nSPS) is 19.5. The van der Waals surface area contributed by atoms with Gasteiger partial charge < -0.3 is 25.8 Å². The fourth-order valence-electron chi connectivity index (χ4n) is 4.77. The van der Waals surface area contributed by atoms with Crippen LogP contribution in [0.3, 0.4) is 0 Å². The zero-order valence-electron chi connectivity index (χ0n) is 19.1. The van der Waals surface area contributed by atoms with Crippen molar-refractivity contribution >= 4 is 40.1 Å². The molecule has 1 saturated heterocycles. The molecule has 0 aromatic carbocycles. The van der Waals surface area contributed by atoms with Crippen molar-refractivity contribution in [2.75, 3.05) is 42.7 Å². The number of rotatable bonds is 3. The van der Waals surface area contributed by atoms with Crippen molar-refractivity contribution in [2.45, 2.75) is 25.8 Å². The quantitative estimate of drug-likeness (QED) is 0.533. The number of ether oxygens (including phenoxy) is 1. The highest BCUT2D eigenvalue weighted by molar-refractivity contribution is 5.98. The summed E-state index contributed by atoms with van der Waals surface area (Å²) in [7, 11) is 1.66. The van der Waals surface area contributed by atoms with E-state index >= 15 is 0 Å². The molecule has 2 aliphatic heterocycles. The number of fused-ring (bicyclic) bond motifs is 2. The highest BCUT2D eigenvalue weighted by atomic mass is 16.5. The van der Waals surface area contributed by atoms with Gasteiger partial charge in [0, 0.05) is 43.5 Å². The van der Waals surface area contributed by atoms with E-state index in [4.69, 9.17) is 10.5 Å². The number of pyridine rings is 3. The second-order valence-electron chi connectivity index (χ2n) is 8.95. The molecular formula is C23H25N7O4. The summed E-state index contributed by atoms with van der Waals surface area (Å²) in [6.07, 6.45) is 2.11. The Hall–Kier alpha value is -4.15. The zero-order chi connectivity index (χ0) is 24.2. The number of nitrogen functional groups attached to an aromatic ring is 1. The topological polar surface area (TPSA) is 147 Å². The standard InChI is InChI=1S/C23H25N7O4/c1-12-14(9-27-21-19(12)25-4-5-34-21)16-6-13-7-17(26-10-15(13)20(24)28-16)30(22(32)33)23(2)8-18(31)29(3)11-23/h6-7,9-10,25H,4-5,8,11H2,1-3H3,(H2,24,28)(H,32,33). The molecule has 1 unspecified atom stereocenters. The number of carbonyl (C=O) groups is 2. The first-order valence-electron chi connectivity index (χ1n) is 10.9. The Labute approximate surface area is 195 Å². The third kappa shape index (κ3) is 3.40. The minimum absolute atomic E-state index is 0.0777. The molecule has 2 aliphatic rings. The number of aromatic nitrogens is 3. The largest absolute Gasteiger partial charge is 0.474 e. The Morgan fingerprint density at radius 3 is 2.82 bits per heavy atom. The summed E-state index contributed by atoms with van der Waals surface area (Å²) in [4.78, 5) is 40.5. The zero-order valence-corrected chi connectivity index (χ0v) is 19.1. The average molecular weight is 463 g/mol. The van der Waals surface area contributed by atoms with Crippen LogP contribution in [0.2, 0.25) is 0 Å². The van der Waals surface area contributed by atoms with Gasteiger partial charge in [0.2, 0.25) is 11.8 Å². The second kappa shape index (κ2) is 7.72. The number of carboxylic acid groups (broad SMARTS) is 1. The van der Waals surface area contributed by atoms with E-state index < -0.39 is 11.6 Å². The number of anilines is 3. The first kappa shape index (κ1) is 21.7. The summed E-state index contributed by atoms with van der Waals surface area (Å²) < 4.78 is 5.61. The Morgan fingerprint density at radius 1 is 1.32 bits per heavy atom. The van der Waals surface area contributed by atoms with E-state index in [1.54, 1.807) is 26.2 Å². The Bertz CT molecular complexity index is 1340. The summed E-state index contributed by atoms with van der Waals surface area (Å²) in [6, 6.07) is 3.51. The molecular weight excluding hydrogens is 438 g/mol. The van der Waals surface area contributed by atoms with Crippen molar-refractivity contribution in [3.8, 4) is 17.1 Å². The van der Waals surface area contributed by atoms with Gasteiger partial charge in [-0.3, -0.25) is 9.69 Å². The smallest absolute Gasteiger partial charge is 0.413 e. The highest BCUT2D eigenvalue weighted by Gasteiger charge is 2.46. The fraction of sp³-hybridized carbons (Fsp3) is 0.348. The van der Waals surface area contributed by atoms with Crippen LogP contribution in [0.25, 0.3) is 22.0 Å². The molecule has 3 aromatic heterocycles. The van der Waals surface area contributed by atoms with Crippen LogP contribution in [0.5, 0.6) is 5.88 Å². The van der Waals surface area contributed by atoms with Crippen molar-refractivity contribution in [3.63, 3.8) is 0 Å². The molecule has 11 nitrogen and oxygen atoms in total. The molecule has 176 valence electrons. The number of likely N-dealkylation sites (tertiary alicyclic amines) is 1. The van der Waals surface area contributed by atoms with E-state index in [2.05, 4.69) is 20.3 Å². The third-order valence-electron chi connectivity index (χ3n) is 6.45. The van der Waals surface area contributed by atoms with Crippen LogP contribution >= 0.6 is 0 Å². The highest BCUT2D eigenvalue weighted by Crippen LogP contribution is 2.37. The van der Waals surface area contributed by atoms with E-state index in [-0.39, 0.29) is 30.5 Å². The SMILES string of the molecule is Cc1c(-c2cc3cc(N(C(=O)O)C4(C)CC(=O)N(C)C4)ncc3c(N)n2)cnc2c1NCCO2. The van der Waals surface area contributed by atoms with Gasteiger partial charge in [-0.2, -0.15) is 0 Å². The average Bonchev–Trinajstić information content (AvgIpc) is 3.05. The molecule has 4 N–H and O–H groups in total. The molecule has 34 heavy (non-hydrogen) atoms. The summed E-state index contributed by atoms with van der Waals surface area (Å²) in [5.41, 5.74) is 8.46. The van der Waals surface area contributed by atoms with Crippen LogP contribution in [0.1, 0.15) is 18.9 Å². The number of amides is 2. The van der Waals surface area contributed by atoms with Crippen LogP contribution in [-0.2, 0) is 4.79 Å². The van der Waals surface area contributed by atoms with Crippen LogP contribution < -0.4 is 20.7 Å². The van der Waals surface area contributed by atoms with Crippen LogP contribution in [0, 0.1) is 6.92 Å². The summed E-state index contributed by atoms with van der Waals surface area (Å²) in [5, 5.41) is 14.6. The van der Waals surface area contributed by atoms with Crippen molar-refractivity contribution in [1.82, 2.24) is 19.9 Å². The maximum atomic E-state index is 12.3. The van der Waals surface area contributed by atoms with Gasteiger partial charge in [-0.05, 0) is 36.9 Å². The van der Waals surface area contributed by atoms with Gasteiger partial charge >= 0.3 is 6.09 Å². The lowest BCUT2D eigenvalue weighted by Crippen LogP contribution is -2.51. The molecule has 0 aliphatic carbocycles. The van der Waals surface area contributed by atoms with Crippen LogP contribution in [0.15, 0.2) is 24.5 Å². The number of carbonyl (C=O) groups excluding carboxylic acids is 1. The Kier molecular flexibility index (Phi) is 4.92. The van der Waals surface area contributed by atoms with Gasteiger partial charge in [-0.25, -0.2) is 19.7 Å². The lowest BCUT2D eigenvalue weighted by atomic mass is 9.98. The Morgan fingerprint density at radius 2 is 2.12 bits per heavy atom. The predicted octanol–water partition coefficient (Wildman–Crippen LogP) is 2.49. The summed E-state index contributed by atoms with van der Waals surface area (Å²) in [6.45, 7) is 5.21. The molecule has 5 rings (SSSR count). The fourth-order valence-corrected chi connectivity index (χ4v) is 4.77. The maximum absolute atomic E-state index is 12.3. The van der Waals surface area contributed by atoms with E-state index in [0.29, 0.717) is 35.5 Å². The molecule has 0 bridgehead atoms. The number of nitrogens with one attached hydrogen (secondary N) is 1. The van der Waals surface area contributed by atoms with Crippen molar-refractivity contribution < 1.29 is 19.4 Å². The van der Waals surface area contributed by atoms with Gasteiger partial charge in [-0.15, -0.1) is 0 Å². The van der Waals surface area contributed by atoms with Crippen molar-refractivity contribution in [1.29, 1.82) is 0 Å². The Balaban J connectivity index is 1.61. The van der Waals surface area contributed by atoms with Crippen LogP contribution in [0.4, 0.5) is 22.1 Å². The molecule has 11 heteroatoms. The summed E-state index contributed by atoms with van der Waals surface area (Å²) in [5.74, 6) is 0.932. The molecule has 1 fully saturated rings. The van der Waals surface area contributed by atoms with E-state index in [1.165, 1.54) is 11.1 Å². The lowest BCUT2D eigenvalue weighted by molar-refractivity contribution is -0.126. The maximum Gasteiger partial charge on any atom is 0.413 e. The molecule has 0 saturated carbocycles. The first-order valence-corrected chi connectivity index (χ1v) is 10.9. The molecule has 5 heterocycles. The number of hydrogen-bond donors (Lipinski definition) is 3. The number of likely N-dealkylation sites (N-methyl/N-ethyl adjacent to an activating group) is 1. The number of nitrogens with two attached hydrogens (primary N) is 1. The van der Waals surface area contributed by atoms with Gasteiger partial charge in [0.1, 0.15) is 23.9 Å². The van der Waals surface area contributed by atoms with Crippen molar-refractivity contribution in [2.24, 2.45) is 0 Å². The van der Waals surface area contributed by atoms with Gasteiger partial charge in [-0.1, -0.05) is 0 Å². The van der Waals surface area contributed by atoms with E-state index in [9.17, 15) is 14.7 Å². The molecule has 3 aromatic rings. The molecule has 1 atom stereocenters. The van der Waals surface area contributed by atoms with E-state index in [0.717, 1.165) is 21.7 Å². The van der Waals surface area contributed by atoms with Gasteiger partial charge in [0.05, 0.1) is 17.7 Å². The van der Waals surface area contributed by atoms with Gasteiger partial charge in [0.25, 0.3) is 0 Å². The molecule has 0 radical (unpaired) electrons. The molecule has 2 amide bonds. The number of hydrogen-bond acceptors (Lipinski definition) is 8. The minimum Gasteiger partial charge on any atom is -0.474 e. The molecule has 0 spiro atoms. The number of nitrogens with zero attached hydrogens (tertiary/aromatic N) is 5. The summed E-state index contributed by atoms with van der Waals surface area (Å²) >= 11 is 0. The lowest BCUT2D eigenvalue weighted by Gasteiger charge is -2.34. The van der Waals surface area contributed by atoms with Gasteiger partial charge in [0.15, 0.2) is 0 Å². The van der Waals surface area contributed by atoms with Crippen LogP contribution in [-0.4, -0.2) is 69.2 Å². The second-order valence-corrected chi connectivity index (χ2v) is 8.95. The minimum atomic E-state index is -1.18. The monoisotopic (exact) mass is 463 g/mol. The van der Waals surface area contributed by atoms with E-state index in [1.807, 2.05) is 13.0 Å². The third-order valence-corrected chi connectivity index (χ3v) is 6.45.